The molecule has 0 unspecified atom stereocenters. The maximum absolute atomic E-state index is 6.36. The van der Waals surface area contributed by atoms with Gasteiger partial charge in [-0.1, -0.05) is 307 Å². The van der Waals surface area contributed by atoms with Crippen LogP contribution in [0.4, 0.5) is 17.1 Å². The molecule has 2 heterocycles. The molecule has 0 aliphatic heterocycles. The first kappa shape index (κ1) is 62.7. The van der Waals surface area contributed by atoms with Crippen LogP contribution in [0.5, 0.6) is 0 Å². The minimum atomic E-state index is 0. The Labute approximate surface area is 596 Å². The van der Waals surface area contributed by atoms with E-state index >= 15 is 0 Å². The lowest BCUT2D eigenvalue weighted by Crippen LogP contribution is -2.10. The zero-order chi connectivity index (χ0) is 64.9. The third kappa shape index (κ3) is 13.3. The van der Waals surface area contributed by atoms with E-state index in [2.05, 4.69) is 354 Å². The zero-order valence-corrected chi connectivity index (χ0v) is 57.5. The Morgan fingerprint density at radius 3 is 1.13 bits per heavy atom. The molecule has 16 aromatic carbocycles. The summed E-state index contributed by atoms with van der Waals surface area (Å²) in [6.07, 6.45) is 0.865. The Bertz CT molecular complexity index is 5840. The van der Waals surface area contributed by atoms with Gasteiger partial charge in [-0.25, -0.2) is 0 Å². The second kappa shape index (κ2) is 28.5. The molecule has 3 nitrogen and oxygen atoms in total. The lowest BCUT2D eigenvalue weighted by atomic mass is 9.94. The van der Waals surface area contributed by atoms with Crippen molar-refractivity contribution in [3.8, 4) is 66.8 Å². The molecule has 0 bridgehead atoms. The van der Waals surface area contributed by atoms with E-state index in [1.54, 1.807) is 0 Å². The molecular formula is C93H65BrINO2. The lowest BCUT2D eigenvalue weighted by molar-refractivity contribution is 0.668. The predicted molar refractivity (Wildman–Crippen MR) is 429 cm³/mol. The van der Waals surface area contributed by atoms with Crippen LogP contribution in [0.3, 0.4) is 0 Å². The average molecular weight is 1440 g/mol. The van der Waals surface area contributed by atoms with Crippen LogP contribution in [0, 0.1) is 0 Å². The van der Waals surface area contributed by atoms with Crippen molar-refractivity contribution in [3.05, 3.63) is 392 Å². The van der Waals surface area contributed by atoms with Gasteiger partial charge in [-0.2, -0.15) is 0 Å². The van der Waals surface area contributed by atoms with Crippen molar-refractivity contribution in [2.45, 2.75) is 6.42 Å². The predicted octanol–water partition coefficient (Wildman–Crippen LogP) is 27.6. The Balaban J connectivity index is 0.000000137. The molecule has 0 fully saturated rings. The molecule has 0 aliphatic carbocycles. The third-order valence-electron chi connectivity index (χ3n) is 18.2. The Hall–Kier alpha value is -11.4. The van der Waals surface area contributed by atoms with Gasteiger partial charge in [0.25, 0.3) is 0 Å². The average Bonchev–Trinajstić information content (AvgIpc) is 1.68. The van der Waals surface area contributed by atoms with Crippen LogP contribution in [-0.2, 0) is 6.42 Å². The van der Waals surface area contributed by atoms with Crippen LogP contribution in [0.15, 0.2) is 389 Å². The Kier molecular flexibility index (Phi) is 18.3. The van der Waals surface area contributed by atoms with Crippen LogP contribution in [-0.4, -0.2) is 0 Å². The molecule has 2 aromatic heterocycles. The van der Waals surface area contributed by atoms with Gasteiger partial charge in [0.1, 0.15) is 22.3 Å². The summed E-state index contributed by atoms with van der Waals surface area (Å²) < 4.78 is 13.6. The van der Waals surface area contributed by atoms with Crippen LogP contribution < -0.4 is 4.90 Å². The van der Waals surface area contributed by atoms with Gasteiger partial charge in [0.15, 0.2) is 0 Å². The number of halogens is 2. The minimum Gasteiger partial charge on any atom is -0.456 e. The molecule has 0 atom stereocenters. The summed E-state index contributed by atoms with van der Waals surface area (Å²) in [5.74, 6) is 0. The first-order valence-electron chi connectivity index (χ1n) is 32.9. The van der Waals surface area contributed by atoms with Gasteiger partial charge in [0.2, 0.25) is 0 Å². The number of benzene rings is 16. The number of nitrogens with zero attached hydrogens (tertiary/aromatic N) is 1. The molecule has 0 saturated heterocycles. The van der Waals surface area contributed by atoms with E-state index in [0.717, 1.165) is 66.6 Å². The van der Waals surface area contributed by atoms with E-state index in [-0.39, 0.29) is 24.0 Å². The quantitative estimate of drug-likeness (QED) is 0.121. The van der Waals surface area contributed by atoms with Crippen molar-refractivity contribution < 1.29 is 8.83 Å². The number of hydrogen-bond donors (Lipinski definition) is 0. The fraction of sp³-hybridized carbons (Fsp3) is 0.0108. The Morgan fingerprint density at radius 1 is 0.224 bits per heavy atom. The molecule has 18 aromatic rings. The van der Waals surface area contributed by atoms with Crippen molar-refractivity contribution in [1.82, 2.24) is 0 Å². The maximum Gasteiger partial charge on any atom is 0.137 e. The zero-order valence-electron chi connectivity index (χ0n) is 53.6. The summed E-state index contributed by atoms with van der Waals surface area (Å²) in [7, 11) is 0. The SMILES string of the molecule is Brc1cccc(-c2ccccc2)c1.I.c1cc(Cc2ccc3c(c2)oc2ccccc23)cc(-c2cccc(-c3cccc4ccccc34)c2)c1.c1ccc(-c2cccc(N(c3cccc(-c4cccc(-c5cccc6ccccc56)c4)c3)c3ccc4c(c3)oc3ccccc34)c2)cc1. The first-order chi connectivity index (χ1) is 48.0. The second-order valence-electron chi connectivity index (χ2n) is 24.5. The topological polar surface area (TPSA) is 29.5 Å². The van der Waals surface area contributed by atoms with Crippen LogP contribution in [0.2, 0.25) is 0 Å². The largest absolute Gasteiger partial charge is 0.456 e. The number of hydrogen-bond acceptors (Lipinski definition) is 3. The second-order valence-corrected chi connectivity index (χ2v) is 25.4. The molecule has 0 aliphatic rings. The molecule has 5 heteroatoms. The third-order valence-corrected chi connectivity index (χ3v) is 18.7. The summed E-state index contributed by atoms with van der Waals surface area (Å²) in [5, 5.41) is 9.65. The molecule has 18 rings (SSSR count). The van der Waals surface area contributed by atoms with Crippen LogP contribution in [0.25, 0.3) is 132 Å². The van der Waals surface area contributed by atoms with E-state index in [0.29, 0.717) is 0 Å². The first-order valence-corrected chi connectivity index (χ1v) is 33.7. The monoisotopic (exact) mass is 1430 g/mol. The number of fused-ring (bicyclic) bond motifs is 8. The van der Waals surface area contributed by atoms with Gasteiger partial charge < -0.3 is 13.7 Å². The Morgan fingerprint density at radius 2 is 0.582 bits per heavy atom. The standard InChI is InChI=1S/C46H31NO.C35H24O.C12H9Br.HI/c1-2-12-32(13-3-1)35-17-9-20-38(29-35)47(40-26-27-44-43-23-6-7-25-45(43)48-46(44)31-40)39-21-10-18-36(30-39)34-16-8-19-37(28-34)42-24-11-15-33-14-4-5-22-41(33)42;1-2-14-30-26(9-1)10-7-16-31(30)29-13-6-12-28(23-29)27-11-5-8-24(21-27)20-25-18-19-33-32-15-3-4-17-34(32)36-35(33)22-25;13-12-8-4-7-11(9-12)10-5-2-1-3-6-10;/h1-31H;1-19,21-23H,20H2;1-9H;1H. The van der Waals surface area contributed by atoms with Gasteiger partial charge in [0.05, 0.1) is 0 Å². The molecule has 0 N–H and O–H groups in total. The summed E-state index contributed by atoms with van der Waals surface area (Å²) in [6.45, 7) is 0. The van der Waals surface area contributed by atoms with Crippen molar-refractivity contribution >= 4 is 122 Å². The lowest BCUT2D eigenvalue weighted by Gasteiger charge is -2.26. The van der Waals surface area contributed by atoms with E-state index in [4.69, 9.17) is 8.83 Å². The number of anilines is 3. The number of para-hydroxylation sites is 2. The highest BCUT2D eigenvalue weighted by Crippen LogP contribution is 2.42. The highest BCUT2D eigenvalue weighted by Gasteiger charge is 2.18. The van der Waals surface area contributed by atoms with Crippen molar-refractivity contribution in [2.24, 2.45) is 0 Å². The fourth-order valence-electron chi connectivity index (χ4n) is 13.5. The highest BCUT2D eigenvalue weighted by molar-refractivity contribution is 14.0. The van der Waals surface area contributed by atoms with Crippen molar-refractivity contribution in [2.75, 3.05) is 4.90 Å². The maximum atomic E-state index is 6.36. The van der Waals surface area contributed by atoms with Crippen LogP contribution >= 0.6 is 39.9 Å². The summed E-state index contributed by atoms with van der Waals surface area (Å²) >= 11 is 3.46. The van der Waals surface area contributed by atoms with Gasteiger partial charge in [-0.3, -0.25) is 0 Å². The van der Waals surface area contributed by atoms with E-state index in [9.17, 15) is 0 Å². The normalized spacial score (nSPS) is 11.1. The summed E-state index contributed by atoms with van der Waals surface area (Å²) in [4.78, 5) is 2.33. The van der Waals surface area contributed by atoms with E-state index in [1.165, 1.54) is 105 Å². The van der Waals surface area contributed by atoms with Gasteiger partial charge >= 0.3 is 0 Å². The molecule has 98 heavy (non-hydrogen) atoms. The summed E-state index contributed by atoms with van der Waals surface area (Å²) in [5.41, 5.74) is 24.0. The number of rotatable bonds is 11. The number of furan rings is 2. The molecule has 0 spiro atoms. The van der Waals surface area contributed by atoms with E-state index in [1.807, 2.05) is 42.5 Å². The van der Waals surface area contributed by atoms with E-state index < -0.39 is 0 Å². The fourth-order valence-corrected chi connectivity index (χ4v) is 13.9. The smallest absolute Gasteiger partial charge is 0.137 e. The molecule has 0 saturated carbocycles. The van der Waals surface area contributed by atoms with Crippen molar-refractivity contribution in [3.63, 3.8) is 0 Å². The van der Waals surface area contributed by atoms with Gasteiger partial charge in [-0.15, -0.1) is 24.0 Å². The van der Waals surface area contributed by atoms with Gasteiger partial charge in [-0.05, 0) is 185 Å². The molecule has 0 amide bonds. The molecule has 0 radical (unpaired) electrons. The highest BCUT2D eigenvalue weighted by atomic mass is 127. The minimum absolute atomic E-state index is 0. The molecule has 468 valence electrons. The van der Waals surface area contributed by atoms with Gasteiger partial charge in [0, 0.05) is 49.1 Å². The van der Waals surface area contributed by atoms with Crippen LogP contribution in [0.1, 0.15) is 11.1 Å². The van der Waals surface area contributed by atoms with Crippen molar-refractivity contribution in [1.29, 1.82) is 0 Å². The summed E-state index contributed by atoms with van der Waals surface area (Å²) in [6, 6.07) is 133. The molecular weight excluding hydrogens is 1370 g/mol.